The summed E-state index contributed by atoms with van der Waals surface area (Å²) in [5.41, 5.74) is 3.59. The predicted molar refractivity (Wildman–Crippen MR) is 109 cm³/mol. The van der Waals surface area contributed by atoms with Gasteiger partial charge in [-0.15, -0.1) is 0 Å². The highest BCUT2D eigenvalue weighted by Gasteiger charge is 2.26. The van der Waals surface area contributed by atoms with Crippen LogP contribution in [0.1, 0.15) is 63.9 Å². The van der Waals surface area contributed by atoms with Gasteiger partial charge >= 0.3 is 0 Å². The Kier molecular flexibility index (Phi) is 5.58. The second-order valence-electron chi connectivity index (χ2n) is 8.43. The molecule has 2 aliphatic carbocycles. The number of fused-ring (bicyclic) bond motifs is 1. The van der Waals surface area contributed by atoms with E-state index in [2.05, 4.69) is 28.1 Å². The van der Waals surface area contributed by atoms with Crippen LogP contribution in [0.15, 0.2) is 18.2 Å². The molecule has 152 valence electrons. The number of ether oxygens (including phenoxy) is 2. The maximum Gasteiger partial charge on any atom is 0.297 e. The molecule has 2 aliphatic rings. The molecule has 1 aromatic carbocycles. The lowest BCUT2D eigenvalue weighted by atomic mass is 9.95. The Morgan fingerprint density at radius 3 is 2.61 bits per heavy atom. The van der Waals surface area contributed by atoms with E-state index in [0.29, 0.717) is 12.6 Å². The molecule has 0 unspecified atom stereocenters. The predicted octanol–water partition coefficient (Wildman–Crippen LogP) is 3.68. The third-order valence-electron chi connectivity index (χ3n) is 5.84. The molecular weight excluding hydrogens is 354 g/mol. The average Bonchev–Trinajstić information content (AvgIpc) is 3.47. The average molecular weight is 386 g/mol. The van der Waals surface area contributed by atoms with Crippen LogP contribution in [0.3, 0.4) is 0 Å². The van der Waals surface area contributed by atoms with Crippen LogP contribution in [-0.2, 0) is 16.6 Å². The highest BCUT2D eigenvalue weighted by molar-refractivity contribution is 5.77. The molecule has 0 aliphatic heterocycles. The van der Waals surface area contributed by atoms with Crippen LogP contribution in [0.5, 0.6) is 6.01 Å². The monoisotopic (exact) mass is 385 g/mol. The van der Waals surface area contributed by atoms with Gasteiger partial charge in [-0.25, -0.2) is 0 Å². The number of aromatic nitrogens is 2. The van der Waals surface area contributed by atoms with Crippen LogP contribution in [0.25, 0.3) is 11.0 Å². The topological polar surface area (TPSA) is 65.4 Å². The Hall–Kier alpha value is -2.08. The molecule has 1 amide bonds. The van der Waals surface area contributed by atoms with Gasteiger partial charge in [0.15, 0.2) is 0 Å². The maximum atomic E-state index is 11.1. The minimum absolute atomic E-state index is 0.0140. The van der Waals surface area contributed by atoms with Gasteiger partial charge < -0.3 is 14.8 Å². The van der Waals surface area contributed by atoms with Gasteiger partial charge in [-0.05, 0) is 69.1 Å². The second kappa shape index (κ2) is 8.11. The van der Waals surface area contributed by atoms with E-state index in [9.17, 15) is 4.79 Å². The smallest absolute Gasteiger partial charge is 0.297 e. The highest BCUT2D eigenvalue weighted by Crippen LogP contribution is 2.41. The summed E-state index contributed by atoms with van der Waals surface area (Å²) in [4.78, 5) is 15.8. The molecule has 0 radical (unpaired) electrons. The van der Waals surface area contributed by atoms with Crippen LogP contribution in [-0.4, -0.2) is 40.3 Å². The number of benzene rings is 1. The molecule has 0 spiro atoms. The van der Waals surface area contributed by atoms with Crippen molar-refractivity contribution >= 4 is 16.9 Å². The number of hydrogen-bond acceptors (Lipinski definition) is 4. The first kappa shape index (κ1) is 19.2. The molecule has 6 heteroatoms. The van der Waals surface area contributed by atoms with Gasteiger partial charge in [0.05, 0.1) is 23.7 Å². The molecule has 0 bridgehead atoms. The SMILES string of the molecule is CC(=O)N[C@@H](C)COC1CCC(Oc2nc3ccc(C4CC4)cc3n2C)CC1. The van der Waals surface area contributed by atoms with E-state index >= 15 is 0 Å². The lowest BCUT2D eigenvalue weighted by Crippen LogP contribution is -2.37. The minimum Gasteiger partial charge on any atom is -0.461 e. The molecule has 6 nitrogen and oxygen atoms in total. The molecule has 2 fully saturated rings. The van der Waals surface area contributed by atoms with Gasteiger partial charge in [0.25, 0.3) is 6.01 Å². The number of nitrogens with zero attached hydrogens (tertiary/aromatic N) is 2. The molecule has 28 heavy (non-hydrogen) atoms. The van der Waals surface area contributed by atoms with Gasteiger partial charge in [0.1, 0.15) is 6.10 Å². The Morgan fingerprint density at radius 1 is 1.21 bits per heavy atom. The van der Waals surface area contributed by atoms with Crippen molar-refractivity contribution in [2.24, 2.45) is 7.05 Å². The number of amides is 1. The first-order valence-electron chi connectivity index (χ1n) is 10.5. The van der Waals surface area contributed by atoms with Crippen LogP contribution < -0.4 is 10.1 Å². The zero-order valence-corrected chi connectivity index (χ0v) is 17.1. The summed E-state index contributed by atoms with van der Waals surface area (Å²) in [6.45, 7) is 4.06. The maximum absolute atomic E-state index is 11.1. The second-order valence-corrected chi connectivity index (χ2v) is 8.43. The third kappa shape index (κ3) is 4.49. The number of aryl methyl sites for hydroxylation is 1. The number of carbonyl (C=O) groups is 1. The van der Waals surface area contributed by atoms with Crippen LogP contribution in [0.2, 0.25) is 0 Å². The molecule has 4 rings (SSSR count). The molecule has 1 aromatic heterocycles. The van der Waals surface area contributed by atoms with Crippen molar-refractivity contribution in [1.29, 1.82) is 0 Å². The molecular formula is C22H31N3O3. The van der Waals surface area contributed by atoms with E-state index in [0.717, 1.165) is 42.6 Å². The van der Waals surface area contributed by atoms with E-state index in [4.69, 9.17) is 14.5 Å². The number of imidazole rings is 1. The summed E-state index contributed by atoms with van der Waals surface area (Å²) >= 11 is 0. The van der Waals surface area contributed by atoms with Crippen LogP contribution in [0, 0.1) is 0 Å². The fourth-order valence-corrected chi connectivity index (χ4v) is 4.10. The summed E-state index contributed by atoms with van der Waals surface area (Å²) in [6.07, 6.45) is 6.94. The van der Waals surface area contributed by atoms with Crippen LogP contribution >= 0.6 is 0 Å². The Labute approximate surface area is 166 Å². The summed E-state index contributed by atoms with van der Waals surface area (Å²) in [7, 11) is 2.04. The fraction of sp³-hybridized carbons (Fsp3) is 0.636. The zero-order valence-electron chi connectivity index (χ0n) is 17.1. The number of nitrogens with one attached hydrogen (secondary N) is 1. The summed E-state index contributed by atoms with van der Waals surface area (Å²) in [6, 6.07) is 7.37. The number of rotatable bonds is 7. The third-order valence-corrected chi connectivity index (χ3v) is 5.84. The van der Waals surface area contributed by atoms with E-state index in [1.807, 2.05) is 14.0 Å². The molecule has 0 saturated heterocycles. The quantitative estimate of drug-likeness (QED) is 0.790. The van der Waals surface area contributed by atoms with Crippen molar-refractivity contribution in [3.8, 4) is 6.01 Å². The van der Waals surface area contributed by atoms with Gasteiger partial charge in [-0.3, -0.25) is 9.36 Å². The summed E-state index contributed by atoms with van der Waals surface area (Å²) < 4.78 is 14.3. The van der Waals surface area contributed by atoms with Crippen molar-refractivity contribution in [2.45, 2.75) is 76.5 Å². The summed E-state index contributed by atoms with van der Waals surface area (Å²) in [5, 5.41) is 2.86. The van der Waals surface area contributed by atoms with Gasteiger partial charge in [-0.1, -0.05) is 6.07 Å². The fourth-order valence-electron chi connectivity index (χ4n) is 4.10. The van der Waals surface area contributed by atoms with Crippen molar-refractivity contribution in [2.75, 3.05) is 6.61 Å². The van der Waals surface area contributed by atoms with Crippen molar-refractivity contribution in [3.63, 3.8) is 0 Å². The first-order valence-corrected chi connectivity index (χ1v) is 10.5. The molecule has 1 heterocycles. The molecule has 2 saturated carbocycles. The van der Waals surface area contributed by atoms with Gasteiger partial charge in [0, 0.05) is 20.0 Å². The minimum atomic E-state index is -0.0140. The lowest BCUT2D eigenvalue weighted by Gasteiger charge is -2.29. The first-order chi connectivity index (χ1) is 13.5. The van der Waals surface area contributed by atoms with Gasteiger partial charge in [0.2, 0.25) is 5.91 Å². The van der Waals surface area contributed by atoms with Crippen LogP contribution in [0.4, 0.5) is 0 Å². The number of carbonyl (C=O) groups excluding carboxylic acids is 1. The normalized spacial score (nSPS) is 23.5. The summed E-state index contributed by atoms with van der Waals surface area (Å²) in [5.74, 6) is 0.729. The Morgan fingerprint density at radius 2 is 1.93 bits per heavy atom. The lowest BCUT2D eigenvalue weighted by molar-refractivity contribution is -0.120. The molecule has 1 N–H and O–H groups in total. The van der Waals surface area contributed by atoms with Crippen molar-refractivity contribution < 1.29 is 14.3 Å². The number of hydrogen-bond donors (Lipinski definition) is 1. The zero-order chi connectivity index (χ0) is 19.7. The van der Waals surface area contributed by atoms with E-state index < -0.39 is 0 Å². The largest absolute Gasteiger partial charge is 0.461 e. The van der Waals surface area contributed by atoms with Gasteiger partial charge in [-0.2, -0.15) is 4.98 Å². The standard InChI is InChI=1S/C22H31N3O3/c1-14(23-15(2)26)13-27-18-7-9-19(10-8-18)28-22-24-20-11-6-17(16-4-5-16)12-21(20)25(22)3/h6,11-12,14,16,18-19H,4-5,7-10,13H2,1-3H3,(H,23,26)/t14-,18?,19?/m0/s1. The van der Waals surface area contributed by atoms with E-state index in [-0.39, 0.29) is 24.2 Å². The highest BCUT2D eigenvalue weighted by atomic mass is 16.5. The van der Waals surface area contributed by atoms with Crippen molar-refractivity contribution in [1.82, 2.24) is 14.9 Å². The molecule has 1 atom stereocenters. The van der Waals surface area contributed by atoms with E-state index in [1.54, 1.807) is 0 Å². The Balaban J connectivity index is 1.30. The van der Waals surface area contributed by atoms with Crippen molar-refractivity contribution in [3.05, 3.63) is 23.8 Å². The molecule has 2 aromatic rings. The Bertz CT molecular complexity index is 835. The van der Waals surface area contributed by atoms with E-state index in [1.165, 1.54) is 25.3 Å².